The van der Waals surface area contributed by atoms with Crippen LogP contribution in [0.5, 0.6) is 17.2 Å². The van der Waals surface area contributed by atoms with Crippen molar-refractivity contribution < 1.29 is 19.3 Å². The van der Waals surface area contributed by atoms with E-state index in [-0.39, 0.29) is 12.0 Å². The van der Waals surface area contributed by atoms with Gasteiger partial charge in [-0.05, 0) is 62.1 Å². The first kappa shape index (κ1) is 24.5. The maximum atomic E-state index is 9.87. The third-order valence-electron chi connectivity index (χ3n) is 7.85. The number of rotatable bonds is 6. The third-order valence-corrected chi connectivity index (χ3v) is 8.12. The van der Waals surface area contributed by atoms with E-state index >= 15 is 0 Å². The minimum Gasteiger partial charge on any atom is -0.495 e. The molecule has 3 aliphatic rings. The molecule has 194 valence electrons. The molecular weight excluding hydrogens is 506 g/mol. The van der Waals surface area contributed by atoms with Gasteiger partial charge < -0.3 is 25.1 Å². The zero-order chi connectivity index (χ0) is 26.5. The first-order valence-corrected chi connectivity index (χ1v) is 12.7. The Kier molecular flexibility index (Phi) is 5.91. The lowest BCUT2D eigenvalue weighted by Gasteiger charge is -2.51. The van der Waals surface area contributed by atoms with E-state index in [0.717, 1.165) is 37.1 Å². The van der Waals surface area contributed by atoms with E-state index in [1.165, 1.54) is 13.3 Å². The molecule has 0 radical (unpaired) electrons. The van der Waals surface area contributed by atoms with Crippen LogP contribution in [0.4, 0.5) is 5.82 Å². The Morgan fingerprint density at radius 3 is 2.53 bits per heavy atom. The van der Waals surface area contributed by atoms with Crippen LogP contribution in [0.1, 0.15) is 37.1 Å². The summed E-state index contributed by atoms with van der Waals surface area (Å²) in [4.78, 5) is 9.40. The lowest BCUT2D eigenvalue weighted by Crippen LogP contribution is -2.55. The highest BCUT2D eigenvalue weighted by atomic mass is 35.5. The molecule has 0 atom stereocenters. The van der Waals surface area contributed by atoms with Gasteiger partial charge in [0.05, 0.1) is 37.5 Å². The summed E-state index contributed by atoms with van der Waals surface area (Å²) in [5.41, 5.74) is 8.03. The topological polar surface area (TPSA) is 128 Å². The molecule has 3 N–H and O–H groups in total. The van der Waals surface area contributed by atoms with Crippen LogP contribution < -0.4 is 15.2 Å². The Morgan fingerprint density at radius 1 is 1.16 bits per heavy atom. The molecule has 0 unspecified atom stereocenters. The molecule has 1 saturated carbocycles. The largest absolute Gasteiger partial charge is 0.495 e. The average molecular weight is 532 g/mol. The van der Waals surface area contributed by atoms with E-state index in [9.17, 15) is 10.4 Å². The molecule has 3 fully saturated rings. The van der Waals surface area contributed by atoms with Crippen LogP contribution in [0, 0.1) is 11.3 Å². The van der Waals surface area contributed by atoms with Crippen LogP contribution in [-0.4, -0.2) is 45.4 Å². The van der Waals surface area contributed by atoms with E-state index in [1.807, 2.05) is 28.7 Å². The highest BCUT2D eigenvalue weighted by Crippen LogP contribution is 2.51. The number of methoxy groups -OCH3 is 1. The standard InChI is InChI=1S/C28H26ClN5O4/c1-36-20-3-2-4-21(19(20)13-30)38-18-7-5-17(6-8-18)23-24-25(31)32-14-22(29)34(24)26(33-23)27-9-11-28(15-35,12-10-27)37-16-27/h2-8,14,35H,9-12,15-16H2,1H3,(H2,31,32). The third kappa shape index (κ3) is 3.76. The van der Waals surface area contributed by atoms with Gasteiger partial charge in [-0.15, -0.1) is 0 Å². The Bertz CT molecular complexity index is 1550. The predicted octanol–water partition coefficient (Wildman–Crippen LogP) is 4.88. The van der Waals surface area contributed by atoms with Crippen LogP contribution >= 0.6 is 11.6 Å². The lowest BCUT2D eigenvalue weighted by atomic mass is 9.66. The van der Waals surface area contributed by atoms with Gasteiger partial charge in [0.2, 0.25) is 0 Å². The van der Waals surface area contributed by atoms with Crippen molar-refractivity contribution in [2.24, 2.45) is 0 Å². The van der Waals surface area contributed by atoms with Gasteiger partial charge in [-0.1, -0.05) is 17.7 Å². The van der Waals surface area contributed by atoms with E-state index in [0.29, 0.717) is 51.6 Å². The van der Waals surface area contributed by atoms with Crippen molar-refractivity contribution in [1.29, 1.82) is 5.26 Å². The molecule has 1 aliphatic carbocycles. The van der Waals surface area contributed by atoms with Crippen molar-refractivity contribution in [2.45, 2.75) is 36.7 Å². The van der Waals surface area contributed by atoms with Crippen molar-refractivity contribution in [3.05, 3.63) is 65.2 Å². The molecular formula is C28H26ClN5O4. The first-order valence-electron chi connectivity index (χ1n) is 12.4. The molecule has 2 bridgehead atoms. The van der Waals surface area contributed by atoms with Crippen molar-refractivity contribution >= 4 is 22.9 Å². The summed E-state index contributed by atoms with van der Waals surface area (Å²) in [7, 11) is 1.51. The molecule has 4 heterocycles. The second kappa shape index (κ2) is 9.17. The zero-order valence-electron chi connectivity index (χ0n) is 20.8. The maximum Gasteiger partial charge on any atom is 0.150 e. The average Bonchev–Trinajstić information content (AvgIpc) is 3.39. The fraction of sp³-hybridized carbons (Fsp3) is 0.321. The molecule has 0 spiro atoms. The maximum absolute atomic E-state index is 9.87. The van der Waals surface area contributed by atoms with Gasteiger partial charge in [-0.25, -0.2) is 9.97 Å². The molecule has 7 rings (SSSR count). The van der Waals surface area contributed by atoms with Crippen molar-refractivity contribution in [3.8, 4) is 34.6 Å². The van der Waals surface area contributed by atoms with Gasteiger partial charge in [0, 0.05) is 5.56 Å². The molecule has 38 heavy (non-hydrogen) atoms. The van der Waals surface area contributed by atoms with Crippen LogP contribution in [0.25, 0.3) is 16.8 Å². The van der Waals surface area contributed by atoms with Gasteiger partial charge >= 0.3 is 0 Å². The summed E-state index contributed by atoms with van der Waals surface area (Å²) in [5, 5.41) is 19.9. The first-order chi connectivity index (χ1) is 18.4. The minimum atomic E-state index is -0.452. The number of benzene rings is 2. The van der Waals surface area contributed by atoms with E-state index in [4.69, 9.17) is 36.5 Å². The van der Waals surface area contributed by atoms with Crippen LogP contribution in [-0.2, 0) is 10.2 Å². The summed E-state index contributed by atoms with van der Waals surface area (Å²) in [6, 6.07) is 14.7. The highest BCUT2D eigenvalue weighted by molar-refractivity contribution is 6.30. The van der Waals surface area contributed by atoms with Gasteiger partial charge in [0.15, 0.2) is 0 Å². The molecule has 0 amide bonds. The fourth-order valence-electron chi connectivity index (χ4n) is 5.60. The van der Waals surface area contributed by atoms with Crippen LogP contribution in [0.3, 0.4) is 0 Å². The summed E-state index contributed by atoms with van der Waals surface area (Å²) in [6.45, 7) is 0.480. The summed E-state index contributed by atoms with van der Waals surface area (Å²) in [5.74, 6) is 2.53. The van der Waals surface area contributed by atoms with Crippen molar-refractivity contribution in [3.63, 3.8) is 0 Å². The number of halogens is 1. The van der Waals surface area contributed by atoms with Gasteiger partial charge in [0.25, 0.3) is 0 Å². The van der Waals surface area contributed by atoms with Gasteiger partial charge in [-0.2, -0.15) is 5.26 Å². The van der Waals surface area contributed by atoms with E-state index < -0.39 is 5.60 Å². The Labute approximate surface area is 224 Å². The van der Waals surface area contributed by atoms with Crippen molar-refractivity contribution in [2.75, 3.05) is 26.1 Å². The number of aliphatic hydroxyl groups excluding tert-OH is 1. The van der Waals surface area contributed by atoms with E-state index in [2.05, 4.69) is 11.1 Å². The normalized spacial score (nSPS) is 22.4. The molecule has 2 aliphatic heterocycles. The monoisotopic (exact) mass is 531 g/mol. The minimum absolute atomic E-state index is 0.0222. The fourth-order valence-corrected chi connectivity index (χ4v) is 5.82. The Balaban J connectivity index is 1.39. The number of imidazole rings is 1. The van der Waals surface area contributed by atoms with Gasteiger partial charge in [-0.3, -0.25) is 4.40 Å². The number of nitrogen functional groups attached to an aromatic ring is 1. The number of fused-ring (bicyclic) bond motifs is 4. The SMILES string of the molecule is COc1cccc(Oc2ccc(-c3nc(C45CCC(CO)(CC4)OC5)n4c(Cl)cnc(N)c34)cc2)c1C#N. The number of hydrogen-bond donors (Lipinski definition) is 2. The van der Waals surface area contributed by atoms with E-state index in [1.54, 1.807) is 18.2 Å². The summed E-state index contributed by atoms with van der Waals surface area (Å²) < 4.78 is 19.3. The Hall–Kier alpha value is -3.84. The second-order valence-electron chi connectivity index (χ2n) is 9.92. The molecule has 9 nitrogen and oxygen atoms in total. The van der Waals surface area contributed by atoms with Crippen LogP contribution in [0.15, 0.2) is 48.7 Å². The number of hydrogen-bond acceptors (Lipinski definition) is 8. The van der Waals surface area contributed by atoms with Crippen LogP contribution in [0.2, 0.25) is 5.15 Å². The number of aliphatic hydroxyl groups is 1. The molecule has 2 aromatic carbocycles. The Morgan fingerprint density at radius 2 is 1.89 bits per heavy atom. The summed E-state index contributed by atoms with van der Waals surface area (Å²) >= 11 is 6.68. The zero-order valence-corrected chi connectivity index (χ0v) is 21.5. The second-order valence-corrected chi connectivity index (χ2v) is 10.3. The molecule has 2 saturated heterocycles. The predicted molar refractivity (Wildman–Crippen MR) is 142 cm³/mol. The van der Waals surface area contributed by atoms with Crippen molar-refractivity contribution in [1.82, 2.24) is 14.4 Å². The number of nitriles is 1. The molecule has 4 aromatic rings. The lowest BCUT2D eigenvalue weighted by molar-refractivity contribution is -0.177. The molecule has 2 aromatic heterocycles. The number of anilines is 1. The highest BCUT2D eigenvalue weighted by Gasteiger charge is 2.52. The number of ether oxygens (including phenoxy) is 3. The van der Waals surface area contributed by atoms with Gasteiger partial charge in [0.1, 0.15) is 56.9 Å². The number of nitrogens with zero attached hydrogens (tertiary/aromatic N) is 4. The number of nitrogens with two attached hydrogens (primary N) is 1. The smallest absolute Gasteiger partial charge is 0.150 e. The quantitative estimate of drug-likeness (QED) is 0.360. The summed E-state index contributed by atoms with van der Waals surface area (Å²) in [6.07, 6.45) is 4.72. The molecule has 10 heteroatoms. The number of aromatic nitrogens is 3.